The minimum Gasteiger partial charge on any atom is -0.422 e. The molecule has 0 saturated carbocycles. The lowest BCUT2D eigenvalue weighted by Crippen LogP contribution is -2.17. The molecule has 0 amide bonds. The van der Waals surface area contributed by atoms with E-state index in [0.29, 0.717) is 11.6 Å². The molecule has 0 bridgehead atoms. The van der Waals surface area contributed by atoms with Gasteiger partial charge in [-0.25, -0.2) is 4.79 Å². The second-order valence-corrected chi connectivity index (χ2v) is 6.51. The number of esters is 1. The number of benzene rings is 2. The number of ether oxygens (including phenoxy) is 1. The van der Waals surface area contributed by atoms with Crippen LogP contribution in [0.25, 0.3) is 23.2 Å². The molecule has 0 saturated heterocycles. The van der Waals surface area contributed by atoms with Crippen LogP contribution >= 0.6 is 11.3 Å². The van der Waals surface area contributed by atoms with Crippen molar-refractivity contribution < 1.29 is 9.53 Å². The Morgan fingerprint density at radius 1 is 0.963 bits per heavy atom. The highest BCUT2D eigenvalue weighted by atomic mass is 32.1. The number of tetrazole rings is 1. The van der Waals surface area contributed by atoms with E-state index in [0.717, 1.165) is 10.4 Å². The van der Waals surface area contributed by atoms with Crippen LogP contribution in [0.1, 0.15) is 4.88 Å². The molecule has 0 spiro atoms. The number of hydrogen-bond acceptors (Lipinski definition) is 6. The minimum atomic E-state index is -0.543. The standard InChI is InChI=1S/C20H14N4O2S/c25-20(26-16-10-5-2-6-11-16)18(14-17-12-7-13-27-17)24-19(21-22-23-24)15-8-3-1-4-9-15/h1-14H/b18-14+. The monoisotopic (exact) mass is 374 g/mol. The van der Waals surface area contributed by atoms with E-state index < -0.39 is 5.97 Å². The Kier molecular flexibility index (Phi) is 4.84. The summed E-state index contributed by atoms with van der Waals surface area (Å²) in [7, 11) is 0. The maximum atomic E-state index is 12.9. The zero-order valence-electron chi connectivity index (χ0n) is 14.1. The molecular weight excluding hydrogens is 360 g/mol. The van der Waals surface area contributed by atoms with Crippen molar-refractivity contribution in [2.75, 3.05) is 0 Å². The molecular formula is C20H14N4O2S. The van der Waals surface area contributed by atoms with Crippen molar-refractivity contribution in [2.45, 2.75) is 0 Å². The quantitative estimate of drug-likeness (QED) is 0.300. The number of thiophene rings is 1. The van der Waals surface area contributed by atoms with Gasteiger partial charge in [0.15, 0.2) is 11.5 Å². The average Bonchev–Trinajstić information content (AvgIpc) is 3.39. The van der Waals surface area contributed by atoms with Gasteiger partial charge in [-0.05, 0) is 40.1 Å². The number of nitrogens with zero attached hydrogens (tertiary/aromatic N) is 4. The molecule has 132 valence electrons. The van der Waals surface area contributed by atoms with Crippen LogP contribution in [-0.2, 0) is 4.79 Å². The first-order chi connectivity index (χ1) is 13.3. The van der Waals surface area contributed by atoms with Crippen LogP contribution in [0.3, 0.4) is 0 Å². The Morgan fingerprint density at radius 3 is 2.41 bits per heavy atom. The van der Waals surface area contributed by atoms with Crippen LogP contribution in [0.2, 0.25) is 0 Å². The Morgan fingerprint density at radius 2 is 1.70 bits per heavy atom. The second kappa shape index (κ2) is 7.76. The first kappa shape index (κ1) is 16.9. The molecule has 0 aliphatic heterocycles. The van der Waals surface area contributed by atoms with Crippen molar-refractivity contribution in [1.29, 1.82) is 0 Å². The van der Waals surface area contributed by atoms with Crippen LogP contribution in [0.5, 0.6) is 5.75 Å². The highest BCUT2D eigenvalue weighted by molar-refractivity contribution is 7.10. The van der Waals surface area contributed by atoms with Crippen LogP contribution in [0.4, 0.5) is 0 Å². The van der Waals surface area contributed by atoms with Crippen molar-refractivity contribution in [3.05, 3.63) is 83.1 Å². The van der Waals surface area contributed by atoms with E-state index in [4.69, 9.17) is 4.74 Å². The van der Waals surface area contributed by atoms with Crippen LogP contribution < -0.4 is 4.74 Å². The van der Waals surface area contributed by atoms with Crippen molar-refractivity contribution in [3.63, 3.8) is 0 Å². The fourth-order valence-corrected chi connectivity index (χ4v) is 3.13. The number of para-hydroxylation sites is 1. The van der Waals surface area contributed by atoms with Gasteiger partial charge in [0.05, 0.1) is 0 Å². The summed E-state index contributed by atoms with van der Waals surface area (Å²) in [4.78, 5) is 13.8. The molecule has 0 fully saturated rings. The Hall–Kier alpha value is -3.58. The van der Waals surface area contributed by atoms with Gasteiger partial charge in [0, 0.05) is 10.4 Å². The molecule has 4 rings (SSSR count). The highest BCUT2D eigenvalue weighted by Gasteiger charge is 2.21. The SMILES string of the molecule is O=C(Oc1ccccc1)/C(=C\c1cccs1)n1nnnc1-c1ccccc1. The fraction of sp³-hybridized carbons (Fsp3) is 0. The Bertz CT molecular complexity index is 1060. The van der Waals surface area contributed by atoms with E-state index in [1.165, 1.54) is 16.0 Å². The van der Waals surface area contributed by atoms with Crippen molar-refractivity contribution in [2.24, 2.45) is 0 Å². The lowest BCUT2D eigenvalue weighted by molar-refractivity contribution is -0.128. The number of aromatic nitrogens is 4. The largest absolute Gasteiger partial charge is 0.422 e. The number of carbonyl (C=O) groups is 1. The van der Waals surface area contributed by atoms with Gasteiger partial charge in [-0.15, -0.1) is 16.4 Å². The molecule has 0 radical (unpaired) electrons. The van der Waals surface area contributed by atoms with Gasteiger partial charge in [-0.1, -0.05) is 54.6 Å². The molecule has 7 heteroatoms. The van der Waals surface area contributed by atoms with Gasteiger partial charge in [-0.3, -0.25) is 0 Å². The highest BCUT2D eigenvalue weighted by Crippen LogP contribution is 2.23. The summed E-state index contributed by atoms with van der Waals surface area (Å²) in [5.41, 5.74) is 1.03. The van der Waals surface area contributed by atoms with E-state index in [9.17, 15) is 4.79 Å². The molecule has 0 aliphatic rings. The van der Waals surface area contributed by atoms with Gasteiger partial charge >= 0.3 is 5.97 Å². The van der Waals surface area contributed by atoms with E-state index in [1.807, 2.05) is 53.9 Å². The normalized spacial score (nSPS) is 11.3. The maximum absolute atomic E-state index is 12.9. The van der Waals surface area contributed by atoms with E-state index in [-0.39, 0.29) is 5.70 Å². The number of carbonyl (C=O) groups excluding carboxylic acids is 1. The third-order valence-corrected chi connectivity index (χ3v) is 4.53. The summed E-state index contributed by atoms with van der Waals surface area (Å²) in [6.07, 6.45) is 1.72. The maximum Gasteiger partial charge on any atom is 0.362 e. The molecule has 2 aromatic carbocycles. The predicted molar refractivity (Wildman–Crippen MR) is 104 cm³/mol. The smallest absolute Gasteiger partial charge is 0.362 e. The van der Waals surface area contributed by atoms with Gasteiger partial charge in [0.25, 0.3) is 0 Å². The van der Waals surface area contributed by atoms with Crippen LogP contribution in [0, 0.1) is 0 Å². The summed E-state index contributed by atoms with van der Waals surface area (Å²) < 4.78 is 6.92. The lowest BCUT2D eigenvalue weighted by atomic mass is 10.2. The zero-order valence-corrected chi connectivity index (χ0v) is 14.9. The molecule has 2 heterocycles. The second-order valence-electron chi connectivity index (χ2n) is 5.53. The average molecular weight is 374 g/mol. The van der Waals surface area contributed by atoms with Crippen LogP contribution in [0.15, 0.2) is 78.2 Å². The Labute approximate surface area is 159 Å². The molecule has 2 aromatic heterocycles. The van der Waals surface area contributed by atoms with E-state index in [1.54, 1.807) is 30.3 Å². The number of hydrogen-bond donors (Lipinski definition) is 0. The molecule has 6 nitrogen and oxygen atoms in total. The molecule has 0 N–H and O–H groups in total. The topological polar surface area (TPSA) is 69.9 Å². The minimum absolute atomic E-state index is 0.227. The summed E-state index contributed by atoms with van der Waals surface area (Å²) in [6, 6.07) is 22.2. The molecule has 0 aliphatic carbocycles. The lowest BCUT2D eigenvalue weighted by Gasteiger charge is -2.09. The van der Waals surface area contributed by atoms with Crippen molar-refractivity contribution in [3.8, 4) is 17.1 Å². The molecule has 0 unspecified atom stereocenters. The molecule has 4 aromatic rings. The van der Waals surface area contributed by atoms with Crippen molar-refractivity contribution in [1.82, 2.24) is 20.2 Å². The third kappa shape index (κ3) is 3.83. The first-order valence-corrected chi connectivity index (χ1v) is 9.06. The van der Waals surface area contributed by atoms with Gasteiger partial charge in [0.1, 0.15) is 5.75 Å². The predicted octanol–water partition coefficient (Wildman–Crippen LogP) is 4.01. The third-order valence-electron chi connectivity index (χ3n) is 3.71. The molecule has 0 atom stereocenters. The van der Waals surface area contributed by atoms with E-state index >= 15 is 0 Å². The van der Waals surface area contributed by atoms with Crippen molar-refractivity contribution >= 4 is 29.1 Å². The fourth-order valence-electron chi connectivity index (χ4n) is 2.48. The van der Waals surface area contributed by atoms with Gasteiger partial charge < -0.3 is 4.74 Å². The van der Waals surface area contributed by atoms with Crippen LogP contribution in [-0.4, -0.2) is 26.2 Å². The molecule has 27 heavy (non-hydrogen) atoms. The van der Waals surface area contributed by atoms with E-state index in [2.05, 4.69) is 15.5 Å². The van der Waals surface area contributed by atoms with Gasteiger partial charge in [-0.2, -0.15) is 4.68 Å². The summed E-state index contributed by atoms with van der Waals surface area (Å²) in [5.74, 6) is 0.372. The Balaban J connectivity index is 1.76. The number of rotatable bonds is 5. The summed E-state index contributed by atoms with van der Waals surface area (Å²) in [6.45, 7) is 0. The summed E-state index contributed by atoms with van der Waals surface area (Å²) in [5, 5.41) is 13.8. The zero-order chi connectivity index (χ0) is 18.5. The summed E-state index contributed by atoms with van der Waals surface area (Å²) >= 11 is 1.51. The van der Waals surface area contributed by atoms with Gasteiger partial charge in [0.2, 0.25) is 0 Å². The first-order valence-electron chi connectivity index (χ1n) is 8.18.